The number of halogens is 1. The molecule has 0 aliphatic carbocycles. The molecule has 1 nitrogen and oxygen atoms in total. The molecule has 5 aromatic carbocycles. The van der Waals surface area contributed by atoms with E-state index in [0.717, 1.165) is 4.47 Å². The molecule has 0 spiro atoms. The molecular weight excluding hydrogens is 526 g/mol. The fraction of sp³-hybridized carbons (Fsp3) is 0.167. The Balaban J connectivity index is 1.46. The summed E-state index contributed by atoms with van der Waals surface area (Å²) in [6, 6.07) is 40.3. The van der Waals surface area contributed by atoms with Gasteiger partial charge >= 0.3 is 0 Å². The molecule has 0 fully saturated rings. The highest BCUT2D eigenvalue weighted by Crippen LogP contribution is 2.60. The first-order valence-electron chi connectivity index (χ1n) is 13.3. The Bertz CT molecular complexity index is 1630. The van der Waals surface area contributed by atoms with Gasteiger partial charge < -0.3 is 4.90 Å². The third-order valence-electron chi connectivity index (χ3n) is 8.71. The monoisotopic (exact) mass is 555 g/mol. The van der Waals surface area contributed by atoms with E-state index in [1.54, 1.807) is 0 Å². The van der Waals surface area contributed by atoms with Crippen LogP contribution in [0.3, 0.4) is 0 Å². The Morgan fingerprint density at radius 2 is 0.868 bits per heavy atom. The van der Waals surface area contributed by atoms with Crippen LogP contribution in [0.4, 0.5) is 17.1 Å². The van der Waals surface area contributed by atoms with Crippen molar-refractivity contribution in [2.24, 2.45) is 0 Å². The smallest absolute Gasteiger partial charge is 0.0544 e. The van der Waals surface area contributed by atoms with E-state index in [4.69, 9.17) is 0 Å². The normalized spacial score (nSPS) is 15.9. The first-order valence-corrected chi connectivity index (χ1v) is 14.1. The lowest BCUT2D eigenvalue weighted by atomic mass is 9.65. The van der Waals surface area contributed by atoms with Crippen molar-refractivity contribution in [3.05, 3.63) is 136 Å². The summed E-state index contributed by atoms with van der Waals surface area (Å²) >= 11 is 3.55. The molecule has 0 saturated carbocycles. The van der Waals surface area contributed by atoms with Gasteiger partial charge in [-0.25, -0.2) is 0 Å². The zero-order valence-corrected chi connectivity index (χ0v) is 23.8. The lowest BCUT2D eigenvalue weighted by molar-refractivity contribution is 0.598. The second kappa shape index (κ2) is 8.19. The topological polar surface area (TPSA) is 3.24 Å². The van der Waals surface area contributed by atoms with Gasteiger partial charge in [-0.3, -0.25) is 0 Å². The van der Waals surface area contributed by atoms with Crippen LogP contribution in [0.2, 0.25) is 0 Å². The van der Waals surface area contributed by atoms with Gasteiger partial charge in [-0.05, 0) is 80.9 Å². The summed E-state index contributed by atoms with van der Waals surface area (Å²) in [4.78, 5) is 2.52. The summed E-state index contributed by atoms with van der Waals surface area (Å²) in [6.07, 6.45) is 0. The van der Waals surface area contributed by atoms with Gasteiger partial charge in [0.15, 0.2) is 0 Å². The Morgan fingerprint density at radius 1 is 0.474 bits per heavy atom. The molecule has 2 heteroatoms. The van der Waals surface area contributed by atoms with Crippen molar-refractivity contribution < 1.29 is 0 Å². The minimum absolute atomic E-state index is 0.118. The van der Waals surface area contributed by atoms with Gasteiger partial charge in [0.25, 0.3) is 0 Å². The molecule has 0 N–H and O–H groups in total. The summed E-state index contributed by atoms with van der Waals surface area (Å²) in [7, 11) is 0. The fourth-order valence-electron chi connectivity index (χ4n) is 6.55. The van der Waals surface area contributed by atoms with Crippen LogP contribution in [0.5, 0.6) is 0 Å². The zero-order chi connectivity index (χ0) is 26.2. The van der Waals surface area contributed by atoms with Crippen LogP contribution in [0.1, 0.15) is 49.9 Å². The van der Waals surface area contributed by atoms with Gasteiger partial charge in [0.1, 0.15) is 0 Å². The highest BCUT2D eigenvalue weighted by Gasteiger charge is 2.45. The molecule has 0 bridgehead atoms. The Kier molecular flexibility index (Phi) is 5.06. The van der Waals surface area contributed by atoms with Crippen molar-refractivity contribution in [2.75, 3.05) is 4.90 Å². The van der Waals surface area contributed by atoms with E-state index >= 15 is 0 Å². The number of fused-ring (bicyclic) bond motifs is 4. The molecular formula is C36H30BrN. The Labute approximate surface area is 233 Å². The number of hydrogen-bond donors (Lipinski definition) is 0. The van der Waals surface area contributed by atoms with E-state index in [1.807, 2.05) is 0 Å². The Hall–Kier alpha value is -3.62. The third kappa shape index (κ3) is 3.29. The molecule has 186 valence electrons. The Morgan fingerprint density at radius 3 is 1.34 bits per heavy atom. The average molecular weight is 557 g/mol. The molecule has 2 aliphatic heterocycles. The van der Waals surface area contributed by atoms with E-state index in [9.17, 15) is 0 Å². The lowest BCUT2D eigenvalue weighted by Crippen LogP contribution is -2.38. The van der Waals surface area contributed by atoms with E-state index in [-0.39, 0.29) is 10.8 Å². The van der Waals surface area contributed by atoms with Crippen LogP contribution in [-0.2, 0) is 10.8 Å². The molecule has 0 unspecified atom stereocenters. The SMILES string of the molecule is CC1(C)c2ccccc2N2c3ccccc3C(C)(C)c3cc(-c4ccc(-c5ccc(Br)cc5)cc4)cc1c32. The maximum absolute atomic E-state index is 3.55. The molecule has 2 aliphatic rings. The summed E-state index contributed by atoms with van der Waals surface area (Å²) in [6.45, 7) is 9.53. The fourth-order valence-corrected chi connectivity index (χ4v) is 6.81. The van der Waals surface area contributed by atoms with Crippen LogP contribution >= 0.6 is 15.9 Å². The first kappa shape index (κ1) is 23.5. The van der Waals surface area contributed by atoms with Crippen molar-refractivity contribution in [1.29, 1.82) is 0 Å². The molecule has 0 amide bonds. The van der Waals surface area contributed by atoms with Gasteiger partial charge in [-0.2, -0.15) is 0 Å². The van der Waals surface area contributed by atoms with Gasteiger partial charge in [0, 0.05) is 15.3 Å². The highest BCUT2D eigenvalue weighted by molar-refractivity contribution is 9.10. The van der Waals surface area contributed by atoms with Crippen LogP contribution in [-0.4, -0.2) is 0 Å². The third-order valence-corrected chi connectivity index (χ3v) is 9.24. The largest absolute Gasteiger partial charge is 0.309 e. The van der Waals surface area contributed by atoms with E-state index < -0.39 is 0 Å². The van der Waals surface area contributed by atoms with Crippen molar-refractivity contribution in [3.8, 4) is 22.3 Å². The quantitative estimate of drug-likeness (QED) is 0.209. The van der Waals surface area contributed by atoms with E-state index in [0.29, 0.717) is 0 Å². The minimum atomic E-state index is -0.118. The number of benzene rings is 5. The summed E-state index contributed by atoms with van der Waals surface area (Å²) in [5.41, 5.74) is 14.2. The second-order valence-electron chi connectivity index (χ2n) is 11.6. The van der Waals surface area contributed by atoms with Gasteiger partial charge in [-0.15, -0.1) is 0 Å². The van der Waals surface area contributed by atoms with Crippen LogP contribution in [0.25, 0.3) is 22.3 Å². The zero-order valence-electron chi connectivity index (χ0n) is 22.2. The maximum atomic E-state index is 3.55. The summed E-state index contributed by atoms with van der Waals surface area (Å²) in [5, 5.41) is 0. The van der Waals surface area contributed by atoms with Crippen LogP contribution in [0.15, 0.2) is 114 Å². The molecule has 0 atom stereocenters. The minimum Gasteiger partial charge on any atom is -0.309 e. The molecule has 2 heterocycles. The summed E-state index contributed by atoms with van der Waals surface area (Å²) < 4.78 is 1.10. The molecule has 38 heavy (non-hydrogen) atoms. The maximum Gasteiger partial charge on any atom is 0.0544 e. The van der Waals surface area contributed by atoms with E-state index in [2.05, 4.69) is 158 Å². The number of hydrogen-bond acceptors (Lipinski definition) is 1. The number of anilines is 3. The average Bonchev–Trinajstić information content (AvgIpc) is 2.93. The van der Waals surface area contributed by atoms with Gasteiger partial charge in [0.2, 0.25) is 0 Å². The number of nitrogens with zero attached hydrogens (tertiary/aromatic N) is 1. The first-order chi connectivity index (χ1) is 18.3. The van der Waals surface area contributed by atoms with Crippen molar-refractivity contribution in [1.82, 2.24) is 0 Å². The molecule has 7 rings (SSSR count). The molecule has 0 radical (unpaired) electrons. The summed E-state index contributed by atoms with van der Waals surface area (Å²) in [5.74, 6) is 0. The van der Waals surface area contributed by atoms with Crippen LogP contribution < -0.4 is 4.90 Å². The standard InChI is InChI=1S/C36H30BrN/c1-35(2)28-9-5-7-11-32(28)38-33-12-8-6-10-29(33)36(3,4)31-22-26(21-30(35)34(31)38)25-15-13-23(14-16-25)24-17-19-27(37)20-18-24/h5-22H,1-4H3. The molecule has 5 aromatic rings. The van der Waals surface area contributed by atoms with Crippen molar-refractivity contribution in [3.63, 3.8) is 0 Å². The number of para-hydroxylation sites is 2. The van der Waals surface area contributed by atoms with Crippen LogP contribution in [0, 0.1) is 0 Å². The predicted molar refractivity (Wildman–Crippen MR) is 164 cm³/mol. The van der Waals surface area contributed by atoms with E-state index in [1.165, 1.54) is 61.6 Å². The molecule has 0 saturated heterocycles. The van der Waals surface area contributed by atoms with Gasteiger partial charge in [-0.1, -0.05) is 116 Å². The predicted octanol–water partition coefficient (Wildman–Crippen LogP) is 10.5. The highest BCUT2D eigenvalue weighted by atomic mass is 79.9. The lowest BCUT2D eigenvalue weighted by Gasteiger charge is -2.49. The van der Waals surface area contributed by atoms with Crippen molar-refractivity contribution >= 4 is 33.0 Å². The molecule has 0 aromatic heterocycles. The van der Waals surface area contributed by atoms with Gasteiger partial charge in [0.05, 0.1) is 17.1 Å². The second-order valence-corrected chi connectivity index (χ2v) is 12.5. The van der Waals surface area contributed by atoms with Crippen molar-refractivity contribution in [2.45, 2.75) is 38.5 Å². The number of rotatable bonds is 2.